The van der Waals surface area contributed by atoms with E-state index in [1.807, 2.05) is 71.6 Å². The normalized spacial score (nSPS) is 19.1. The highest BCUT2D eigenvalue weighted by Crippen LogP contribution is 2.36. The van der Waals surface area contributed by atoms with Gasteiger partial charge in [-0.3, -0.25) is 9.69 Å². The summed E-state index contributed by atoms with van der Waals surface area (Å²) in [5.41, 5.74) is 3.54. The number of para-hydroxylation sites is 1. The van der Waals surface area contributed by atoms with Gasteiger partial charge in [-0.05, 0) is 61.2 Å². The summed E-state index contributed by atoms with van der Waals surface area (Å²) in [6.45, 7) is 6.18. The molecule has 0 N–H and O–H groups in total. The fourth-order valence-electron chi connectivity index (χ4n) is 4.19. The number of carbonyl (C=O) groups excluding carboxylic acids is 1. The Morgan fingerprint density at radius 3 is 2.67 bits per heavy atom. The molecule has 1 amide bonds. The highest BCUT2D eigenvalue weighted by Gasteiger charge is 2.35. The maximum atomic E-state index is 13.3. The molecule has 5 rings (SSSR count). The van der Waals surface area contributed by atoms with E-state index in [0.717, 1.165) is 47.7 Å². The van der Waals surface area contributed by atoms with Crippen LogP contribution in [-0.4, -0.2) is 50.8 Å². The quantitative estimate of drug-likeness (QED) is 0.271. The number of hydrogen-bond acceptors (Lipinski definition) is 6. The minimum Gasteiger partial charge on any atom is -0.493 e. The van der Waals surface area contributed by atoms with Gasteiger partial charge in [0.1, 0.15) is 10.1 Å². The summed E-state index contributed by atoms with van der Waals surface area (Å²) < 4.78 is 14.0. The molecule has 2 saturated heterocycles. The first-order valence-corrected chi connectivity index (χ1v) is 13.5. The lowest BCUT2D eigenvalue weighted by atomic mass is 10.1. The van der Waals surface area contributed by atoms with Gasteiger partial charge in [0.2, 0.25) is 0 Å². The third-order valence-corrected chi connectivity index (χ3v) is 7.42. The van der Waals surface area contributed by atoms with Gasteiger partial charge in [0, 0.05) is 23.9 Å². The Hall–Kier alpha value is -2.94. The summed E-state index contributed by atoms with van der Waals surface area (Å²) in [4.78, 5) is 15.5. The second-order valence-corrected chi connectivity index (χ2v) is 11.0. The number of hydrogen-bond donors (Lipinski definition) is 0. The first kappa shape index (κ1) is 24.7. The zero-order valence-electron chi connectivity index (χ0n) is 20.4. The highest BCUT2D eigenvalue weighted by atomic mass is 32.2. The van der Waals surface area contributed by atoms with Gasteiger partial charge >= 0.3 is 0 Å². The molecule has 2 aliphatic rings. The zero-order chi connectivity index (χ0) is 25.1. The summed E-state index contributed by atoms with van der Waals surface area (Å²) in [6.07, 6.45) is 5.90. The Labute approximate surface area is 221 Å². The summed E-state index contributed by atoms with van der Waals surface area (Å²) in [5, 5.41) is 4.89. The predicted molar refractivity (Wildman–Crippen MR) is 148 cm³/mol. The maximum absolute atomic E-state index is 13.3. The molecule has 3 heterocycles. The lowest BCUT2D eigenvalue weighted by Gasteiger charge is -2.18. The molecule has 0 bridgehead atoms. The summed E-state index contributed by atoms with van der Waals surface area (Å²) in [6, 6.07) is 17.9. The molecule has 8 heteroatoms. The van der Waals surface area contributed by atoms with E-state index in [9.17, 15) is 4.79 Å². The second kappa shape index (κ2) is 11.0. The molecule has 0 aliphatic carbocycles. The van der Waals surface area contributed by atoms with Crippen LogP contribution in [0.4, 0.5) is 0 Å². The van der Waals surface area contributed by atoms with Crippen molar-refractivity contribution in [2.75, 3.05) is 19.8 Å². The van der Waals surface area contributed by atoms with Gasteiger partial charge in [0.05, 0.1) is 35.5 Å². The van der Waals surface area contributed by atoms with Gasteiger partial charge in [-0.25, -0.2) is 4.68 Å². The Kier molecular flexibility index (Phi) is 7.55. The molecular formula is C28H29N3O3S2. The smallest absolute Gasteiger partial charge is 0.266 e. The van der Waals surface area contributed by atoms with Gasteiger partial charge in [-0.1, -0.05) is 56.0 Å². The number of amides is 1. The fraction of sp³-hybridized carbons (Fsp3) is 0.321. The fourth-order valence-corrected chi connectivity index (χ4v) is 5.46. The third kappa shape index (κ3) is 5.56. The van der Waals surface area contributed by atoms with Gasteiger partial charge in [0.15, 0.2) is 0 Å². The molecule has 1 aromatic heterocycles. The van der Waals surface area contributed by atoms with Crippen LogP contribution in [-0.2, 0) is 9.53 Å². The molecule has 0 saturated carbocycles. The summed E-state index contributed by atoms with van der Waals surface area (Å²) in [5.74, 6) is 1.21. The Morgan fingerprint density at radius 1 is 1.19 bits per heavy atom. The molecule has 0 spiro atoms. The van der Waals surface area contributed by atoms with E-state index < -0.39 is 0 Å². The third-order valence-electron chi connectivity index (χ3n) is 6.04. The van der Waals surface area contributed by atoms with Crippen LogP contribution in [0.5, 0.6) is 5.75 Å². The van der Waals surface area contributed by atoms with Gasteiger partial charge in [0.25, 0.3) is 5.91 Å². The Bertz CT molecular complexity index is 1260. The van der Waals surface area contributed by atoms with Gasteiger partial charge in [-0.15, -0.1) is 0 Å². The number of thioether (sulfide) groups is 1. The van der Waals surface area contributed by atoms with Crippen LogP contribution in [0.15, 0.2) is 65.7 Å². The van der Waals surface area contributed by atoms with E-state index in [2.05, 4.69) is 13.8 Å². The maximum Gasteiger partial charge on any atom is 0.266 e. The van der Waals surface area contributed by atoms with Crippen molar-refractivity contribution >= 4 is 40.3 Å². The molecule has 1 unspecified atom stereocenters. The van der Waals surface area contributed by atoms with E-state index in [-0.39, 0.29) is 12.0 Å². The Balaban J connectivity index is 1.46. The molecule has 2 aliphatic heterocycles. The van der Waals surface area contributed by atoms with Crippen LogP contribution in [0.25, 0.3) is 23.0 Å². The van der Waals surface area contributed by atoms with Crippen LogP contribution in [0.1, 0.15) is 32.3 Å². The van der Waals surface area contributed by atoms with Crippen LogP contribution in [0.2, 0.25) is 0 Å². The van der Waals surface area contributed by atoms with E-state index in [1.54, 1.807) is 4.90 Å². The first-order chi connectivity index (χ1) is 17.5. The number of carbonyl (C=O) groups is 1. The molecule has 0 radical (unpaired) electrons. The van der Waals surface area contributed by atoms with Crippen molar-refractivity contribution in [3.05, 3.63) is 71.3 Å². The lowest BCUT2D eigenvalue weighted by Crippen LogP contribution is -2.35. The molecule has 36 heavy (non-hydrogen) atoms. The van der Waals surface area contributed by atoms with Crippen LogP contribution in [0, 0.1) is 5.92 Å². The Morgan fingerprint density at radius 2 is 1.97 bits per heavy atom. The van der Waals surface area contributed by atoms with Crippen LogP contribution < -0.4 is 4.74 Å². The minimum atomic E-state index is -0.0728. The van der Waals surface area contributed by atoms with Gasteiger partial charge < -0.3 is 9.47 Å². The average Bonchev–Trinajstić information content (AvgIpc) is 3.61. The number of aromatic nitrogens is 2. The average molecular weight is 520 g/mol. The zero-order valence-corrected chi connectivity index (χ0v) is 22.1. The molecule has 6 nitrogen and oxygen atoms in total. The van der Waals surface area contributed by atoms with E-state index >= 15 is 0 Å². The van der Waals surface area contributed by atoms with Crippen molar-refractivity contribution in [1.82, 2.24) is 14.7 Å². The van der Waals surface area contributed by atoms with Crippen molar-refractivity contribution in [3.8, 4) is 22.7 Å². The first-order valence-electron chi connectivity index (χ1n) is 12.2. The monoisotopic (exact) mass is 519 g/mol. The van der Waals surface area contributed by atoms with Crippen LogP contribution >= 0.6 is 24.0 Å². The number of thiocarbonyl (C=S) groups is 1. The van der Waals surface area contributed by atoms with Crippen molar-refractivity contribution in [2.24, 2.45) is 5.92 Å². The SMILES string of the molecule is CC(C)COc1ccc(-c2nn(-c3ccccc3)cc2/C=C2\SC(=S)N(CC3CCCO3)C2=O)cc1. The van der Waals surface area contributed by atoms with Crippen molar-refractivity contribution in [1.29, 1.82) is 0 Å². The van der Waals surface area contributed by atoms with Crippen molar-refractivity contribution < 1.29 is 14.3 Å². The predicted octanol–water partition coefficient (Wildman–Crippen LogP) is 5.95. The topological polar surface area (TPSA) is 56.6 Å². The largest absolute Gasteiger partial charge is 0.493 e. The number of rotatable bonds is 8. The van der Waals surface area contributed by atoms with Gasteiger partial charge in [-0.2, -0.15) is 5.10 Å². The van der Waals surface area contributed by atoms with E-state index in [0.29, 0.717) is 28.3 Å². The van der Waals surface area contributed by atoms with Crippen LogP contribution in [0.3, 0.4) is 0 Å². The summed E-state index contributed by atoms with van der Waals surface area (Å²) in [7, 11) is 0. The van der Waals surface area contributed by atoms with E-state index in [4.69, 9.17) is 26.8 Å². The highest BCUT2D eigenvalue weighted by molar-refractivity contribution is 8.26. The molecular weight excluding hydrogens is 490 g/mol. The molecule has 2 aromatic carbocycles. The molecule has 3 aromatic rings. The number of ether oxygens (including phenoxy) is 2. The lowest BCUT2D eigenvalue weighted by molar-refractivity contribution is -0.123. The standard InChI is InChI=1S/C28H29N3O3S2/c1-19(2)18-34-23-12-10-20(11-13-23)26-21(16-31(29-26)22-7-4-3-5-8-22)15-25-27(32)30(28(35)36-25)17-24-9-6-14-33-24/h3-5,7-8,10-13,15-16,19,24H,6,9,14,17-18H2,1-2H3/b25-15-. The molecule has 1 atom stereocenters. The molecule has 2 fully saturated rings. The van der Waals surface area contributed by atoms with Crippen molar-refractivity contribution in [2.45, 2.75) is 32.8 Å². The van der Waals surface area contributed by atoms with E-state index in [1.165, 1.54) is 11.8 Å². The minimum absolute atomic E-state index is 0.0553. The number of benzene rings is 2. The molecule has 186 valence electrons. The van der Waals surface area contributed by atoms with Crippen molar-refractivity contribution in [3.63, 3.8) is 0 Å². The summed E-state index contributed by atoms with van der Waals surface area (Å²) >= 11 is 6.88. The number of nitrogens with zero attached hydrogens (tertiary/aromatic N) is 3. The second-order valence-electron chi connectivity index (χ2n) is 9.37.